The van der Waals surface area contributed by atoms with E-state index in [-0.39, 0.29) is 0 Å². The molecule has 1 aromatic carbocycles. The fraction of sp³-hybridized carbons (Fsp3) is 0.273. The third-order valence-corrected chi connectivity index (χ3v) is 2.38. The summed E-state index contributed by atoms with van der Waals surface area (Å²) in [6.45, 7) is 1.00. The van der Waals surface area contributed by atoms with E-state index in [2.05, 4.69) is 0 Å². The predicted octanol–water partition coefficient (Wildman–Crippen LogP) is 2.32. The SMILES string of the molecule is N#Cc1ccc(C2CC2)cc1[CH]O. The molecule has 1 aliphatic carbocycles. The summed E-state index contributed by atoms with van der Waals surface area (Å²) in [5.41, 5.74) is 2.40. The van der Waals surface area contributed by atoms with E-state index >= 15 is 0 Å². The highest BCUT2D eigenvalue weighted by molar-refractivity contribution is 5.44. The Morgan fingerprint density at radius 2 is 2.23 bits per heavy atom. The van der Waals surface area contributed by atoms with Gasteiger partial charge in [0.15, 0.2) is 0 Å². The highest BCUT2D eigenvalue weighted by atomic mass is 16.3. The van der Waals surface area contributed by atoms with Crippen LogP contribution in [0.4, 0.5) is 0 Å². The number of hydrogen-bond donors (Lipinski definition) is 1. The van der Waals surface area contributed by atoms with E-state index in [0.717, 1.165) is 6.61 Å². The van der Waals surface area contributed by atoms with E-state index in [0.29, 0.717) is 17.0 Å². The average Bonchev–Trinajstić information content (AvgIpc) is 3.00. The minimum Gasteiger partial charge on any atom is -0.385 e. The van der Waals surface area contributed by atoms with Crippen LogP contribution in [0.1, 0.15) is 35.4 Å². The zero-order valence-electron chi connectivity index (χ0n) is 7.20. The molecule has 1 aliphatic rings. The van der Waals surface area contributed by atoms with Gasteiger partial charge in [-0.25, -0.2) is 0 Å². The lowest BCUT2D eigenvalue weighted by Gasteiger charge is -2.02. The number of aliphatic hydroxyl groups is 1. The molecular weight excluding hydrogens is 162 g/mol. The van der Waals surface area contributed by atoms with Gasteiger partial charge in [-0.15, -0.1) is 0 Å². The predicted molar refractivity (Wildman–Crippen MR) is 48.5 cm³/mol. The molecule has 1 fully saturated rings. The van der Waals surface area contributed by atoms with Crippen LogP contribution >= 0.6 is 0 Å². The van der Waals surface area contributed by atoms with Crippen LogP contribution in [0, 0.1) is 17.9 Å². The molecule has 2 heteroatoms. The highest BCUT2D eigenvalue weighted by Gasteiger charge is 2.23. The van der Waals surface area contributed by atoms with Crippen molar-refractivity contribution in [3.05, 3.63) is 41.5 Å². The van der Waals surface area contributed by atoms with Crippen molar-refractivity contribution in [1.29, 1.82) is 5.26 Å². The molecule has 2 rings (SSSR count). The number of nitrogens with zero attached hydrogens (tertiary/aromatic N) is 1. The van der Waals surface area contributed by atoms with Crippen LogP contribution in [0.25, 0.3) is 0 Å². The zero-order valence-corrected chi connectivity index (χ0v) is 7.20. The summed E-state index contributed by atoms with van der Waals surface area (Å²) >= 11 is 0. The quantitative estimate of drug-likeness (QED) is 0.743. The molecule has 13 heavy (non-hydrogen) atoms. The number of benzene rings is 1. The van der Waals surface area contributed by atoms with Gasteiger partial charge in [0, 0.05) is 5.56 Å². The largest absolute Gasteiger partial charge is 0.385 e. The standard InChI is InChI=1S/C11H10NO/c12-6-10-4-3-9(8-1-2-8)5-11(10)7-13/h3-5,7-8,13H,1-2H2. The normalized spacial score (nSPS) is 15.4. The first-order valence-electron chi connectivity index (χ1n) is 4.36. The van der Waals surface area contributed by atoms with Gasteiger partial charge in [0.05, 0.1) is 11.6 Å². The third-order valence-electron chi connectivity index (χ3n) is 2.38. The zero-order chi connectivity index (χ0) is 9.26. The van der Waals surface area contributed by atoms with Crippen molar-refractivity contribution >= 4 is 0 Å². The molecule has 2 nitrogen and oxygen atoms in total. The van der Waals surface area contributed by atoms with Crippen molar-refractivity contribution in [2.75, 3.05) is 0 Å². The molecule has 1 saturated carbocycles. The van der Waals surface area contributed by atoms with Crippen LogP contribution < -0.4 is 0 Å². The average molecular weight is 172 g/mol. The molecule has 0 bridgehead atoms. The van der Waals surface area contributed by atoms with Gasteiger partial charge in [0.2, 0.25) is 0 Å². The Morgan fingerprint density at radius 1 is 1.46 bits per heavy atom. The molecule has 0 spiro atoms. The molecule has 0 aliphatic heterocycles. The lowest BCUT2D eigenvalue weighted by atomic mass is 10.0. The molecule has 0 amide bonds. The Labute approximate surface area is 77.4 Å². The maximum atomic E-state index is 8.90. The van der Waals surface area contributed by atoms with Gasteiger partial charge in [-0.1, -0.05) is 12.1 Å². The van der Waals surface area contributed by atoms with Gasteiger partial charge in [0.1, 0.15) is 6.61 Å². The maximum Gasteiger partial charge on any atom is 0.110 e. The van der Waals surface area contributed by atoms with Crippen molar-refractivity contribution in [3.63, 3.8) is 0 Å². The van der Waals surface area contributed by atoms with Crippen molar-refractivity contribution in [2.45, 2.75) is 18.8 Å². The smallest absolute Gasteiger partial charge is 0.110 e. The molecule has 0 unspecified atom stereocenters. The van der Waals surface area contributed by atoms with Gasteiger partial charge in [0.25, 0.3) is 0 Å². The summed E-state index contributed by atoms with van der Waals surface area (Å²) in [6, 6.07) is 7.69. The van der Waals surface area contributed by atoms with Gasteiger partial charge in [-0.2, -0.15) is 5.26 Å². The van der Waals surface area contributed by atoms with Crippen LogP contribution in [-0.4, -0.2) is 5.11 Å². The van der Waals surface area contributed by atoms with E-state index < -0.39 is 0 Å². The van der Waals surface area contributed by atoms with Crippen LogP contribution in [0.2, 0.25) is 0 Å². The molecule has 0 aromatic heterocycles. The fourth-order valence-corrected chi connectivity index (χ4v) is 1.46. The molecule has 1 N–H and O–H groups in total. The fourth-order valence-electron chi connectivity index (χ4n) is 1.46. The number of nitriles is 1. The van der Waals surface area contributed by atoms with E-state index in [1.807, 2.05) is 18.2 Å². The van der Waals surface area contributed by atoms with Crippen molar-refractivity contribution in [1.82, 2.24) is 0 Å². The van der Waals surface area contributed by atoms with Crippen LogP contribution in [0.5, 0.6) is 0 Å². The van der Waals surface area contributed by atoms with Gasteiger partial charge in [-0.3, -0.25) is 0 Å². The first kappa shape index (κ1) is 8.28. The number of rotatable bonds is 2. The summed E-state index contributed by atoms with van der Waals surface area (Å²) in [5.74, 6) is 0.659. The minimum atomic E-state index is 0.534. The lowest BCUT2D eigenvalue weighted by Crippen LogP contribution is -1.90. The van der Waals surface area contributed by atoms with Gasteiger partial charge < -0.3 is 5.11 Å². The summed E-state index contributed by atoms with van der Waals surface area (Å²) in [4.78, 5) is 0. The van der Waals surface area contributed by atoms with Crippen LogP contribution in [-0.2, 0) is 0 Å². The highest BCUT2D eigenvalue weighted by Crippen LogP contribution is 2.40. The maximum absolute atomic E-state index is 8.90. The molecule has 0 heterocycles. The Bertz CT molecular complexity index is 361. The van der Waals surface area contributed by atoms with Crippen molar-refractivity contribution in [2.24, 2.45) is 0 Å². The molecule has 1 radical (unpaired) electrons. The topological polar surface area (TPSA) is 44.0 Å². The summed E-state index contributed by atoms with van der Waals surface area (Å²) in [6.07, 6.45) is 2.47. The molecule has 0 saturated heterocycles. The Kier molecular flexibility index (Phi) is 2.03. The van der Waals surface area contributed by atoms with E-state index in [4.69, 9.17) is 10.4 Å². The number of aliphatic hydroxyl groups excluding tert-OH is 1. The van der Waals surface area contributed by atoms with E-state index in [9.17, 15) is 0 Å². The van der Waals surface area contributed by atoms with Crippen molar-refractivity contribution < 1.29 is 5.11 Å². The lowest BCUT2D eigenvalue weighted by molar-refractivity contribution is 0.414. The van der Waals surface area contributed by atoms with E-state index in [1.165, 1.54) is 18.4 Å². The first-order chi connectivity index (χ1) is 6.35. The third kappa shape index (κ3) is 1.56. The summed E-state index contributed by atoms with van der Waals surface area (Å²) < 4.78 is 0. The van der Waals surface area contributed by atoms with Crippen LogP contribution in [0.15, 0.2) is 18.2 Å². The monoisotopic (exact) mass is 172 g/mol. The summed E-state index contributed by atoms with van der Waals surface area (Å²) in [7, 11) is 0. The first-order valence-corrected chi connectivity index (χ1v) is 4.36. The second-order valence-corrected chi connectivity index (χ2v) is 3.36. The molecular formula is C11H10NO. The molecule has 65 valence electrons. The second kappa shape index (κ2) is 3.20. The number of hydrogen-bond acceptors (Lipinski definition) is 2. The Morgan fingerprint density at radius 3 is 2.77 bits per heavy atom. The second-order valence-electron chi connectivity index (χ2n) is 3.36. The minimum absolute atomic E-state index is 0.534. The van der Waals surface area contributed by atoms with Gasteiger partial charge >= 0.3 is 0 Å². The molecule has 1 aromatic rings. The Balaban J connectivity index is 2.38. The van der Waals surface area contributed by atoms with Crippen molar-refractivity contribution in [3.8, 4) is 6.07 Å². The Hall–Kier alpha value is -1.33. The van der Waals surface area contributed by atoms with Crippen LogP contribution in [0.3, 0.4) is 0 Å². The van der Waals surface area contributed by atoms with Gasteiger partial charge in [-0.05, 0) is 30.4 Å². The van der Waals surface area contributed by atoms with E-state index in [1.54, 1.807) is 6.07 Å². The summed E-state index contributed by atoms with van der Waals surface area (Å²) in [5, 5.41) is 17.6. The molecule has 0 atom stereocenters.